The van der Waals surface area contributed by atoms with Gasteiger partial charge in [-0.1, -0.05) is 29.8 Å². The monoisotopic (exact) mass is 311 g/mol. The molecule has 4 nitrogen and oxygen atoms in total. The van der Waals surface area contributed by atoms with Crippen molar-refractivity contribution in [3.63, 3.8) is 0 Å². The van der Waals surface area contributed by atoms with E-state index in [-0.39, 0.29) is 17.4 Å². The second-order valence-corrected chi connectivity index (χ2v) is 10.7. The topological polar surface area (TPSA) is 61.6 Å². The van der Waals surface area contributed by atoms with E-state index in [9.17, 15) is 4.79 Å². The summed E-state index contributed by atoms with van der Waals surface area (Å²) in [5.41, 5.74) is 5.19. The molecule has 0 spiro atoms. The molecule has 0 amide bonds. The number of ketones is 1. The number of nitrogens with two attached hydrogens (primary N) is 1. The third-order valence-corrected chi connectivity index (χ3v) is 4.12. The maximum atomic E-state index is 12.6. The molecule has 0 saturated heterocycles. The van der Waals surface area contributed by atoms with Gasteiger partial charge in [-0.05, 0) is 32.6 Å². The Bertz CT molecular complexity index is 594. The zero-order valence-corrected chi connectivity index (χ0v) is 13.7. The SMILES string of the molecule is CC1(c2ccccc2Cl)OC(N)=C(O[Si](C)(C)C)C1=O. The molecule has 1 aliphatic heterocycles. The first-order chi connectivity index (χ1) is 9.15. The number of hydrogen-bond acceptors (Lipinski definition) is 4. The number of ether oxygens (including phenoxy) is 1. The number of hydrogen-bond donors (Lipinski definition) is 1. The van der Waals surface area contributed by atoms with Crippen molar-refractivity contribution >= 4 is 25.7 Å². The molecule has 20 heavy (non-hydrogen) atoms. The Hall–Kier alpha value is -1.46. The Morgan fingerprint density at radius 3 is 2.45 bits per heavy atom. The Balaban J connectivity index is 2.40. The molecule has 0 saturated carbocycles. The molecule has 1 aliphatic rings. The summed E-state index contributed by atoms with van der Waals surface area (Å²) in [5, 5.41) is 0.463. The van der Waals surface area contributed by atoms with Gasteiger partial charge in [0.05, 0.1) is 0 Å². The average Bonchev–Trinajstić information content (AvgIpc) is 2.53. The van der Waals surface area contributed by atoms with Crippen LogP contribution in [0.4, 0.5) is 0 Å². The highest BCUT2D eigenvalue weighted by atomic mass is 35.5. The van der Waals surface area contributed by atoms with Crippen LogP contribution in [-0.4, -0.2) is 14.1 Å². The largest absolute Gasteiger partial charge is 0.538 e. The summed E-state index contributed by atoms with van der Waals surface area (Å²) in [6, 6.07) is 7.07. The van der Waals surface area contributed by atoms with Crippen LogP contribution in [0.2, 0.25) is 24.7 Å². The summed E-state index contributed by atoms with van der Waals surface area (Å²) in [7, 11) is -1.95. The minimum Gasteiger partial charge on any atom is -0.538 e. The molecule has 1 atom stereocenters. The van der Waals surface area contributed by atoms with Gasteiger partial charge in [0.25, 0.3) is 0 Å². The van der Waals surface area contributed by atoms with Crippen LogP contribution in [0.1, 0.15) is 12.5 Å². The van der Waals surface area contributed by atoms with Gasteiger partial charge in [0.15, 0.2) is 0 Å². The minimum atomic E-state index is -1.95. The van der Waals surface area contributed by atoms with Crippen molar-refractivity contribution in [2.75, 3.05) is 0 Å². The third kappa shape index (κ3) is 2.55. The van der Waals surface area contributed by atoms with Crippen LogP contribution in [-0.2, 0) is 19.6 Å². The Morgan fingerprint density at radius 2 is 1.90 bits per heavy atom. The Kier molecular flexibility index (Phi) is 3.60. The van der Waals surface area contributed by atoms with Gasteiger partial charge in [0, 0.05) is 10.6 Å². The number of rotatable bonds is 3. The van der Waals surface area contributed by atoms with E-state index in [1.54, 1.807) is 31.2 Å². The van der Waals surface area contributed by atoms with Crippen molar-refractivity contribution in [3.05, 3.63) is 46.5 Å². The van der Waals surface area contributed by atoms with Crippen LogP contribution in [0.5, 0.6) is 0 Å². The molecule has 0 fully saturated rings. The Labute approximate surface area is 124 Å². The van der Waals surface area contributed by atoms with Gasteiger partial charge >= 0.3 is 0 Å². The van der Waals surface area contributed by atoms with Crippen LogP contribution in [0.25, 0.3) is 0 Å². The highest BCUT2D eigenvalue weighted by Gasteiger charge is 2.49. The second-order valence-electron chi connectivity index (χ2n) is 5.85. The predicted molar refractivity (Wildman–Crippen MR) is 80.5 cm³/mol. The molecule has 0 aliphatic carbocycles. The van der Waals surface area contributed by atoms with Gasteiger partial charge in [0.2, 0.25) is 31.3 Å². The van der Waals surface area contributed by atoms with Crippen LogP contribution in [0.3, 0.4) is 0 Å². The van der Waals surface area contributed by atoms with E-state index >= 15 is 0 Å². The number of halogens is 1. The first kappa shape index (κ1) is 14.9. The summed E-state index contributed by atoms with van der Waals surface area (Å²) in [6.07, 6.45) is 0. The predicted octanol–water partition coefficient (Wildman–Crippen LogP) is 3.13. The first-order valence-corrected chi connectivity index (χ1v) is 10.1. The molecule has 2 N–H and O–H groups in total. The number of Topliss-reactive ketones (excluding diaryl/α,β-unsaturated/α-hetero) is 1. The third-order valence-electron chi connectivity index (χ3n) is 2.97. The molecule has 0 aromatic heterocycles. The summed E-state index contributed by atoms with van der Waals surface area (Å²) in [6.45, 7) is 7.59. The molecule has 1 unspecified atom stereocenters. The van der Waals surface area contributed by atoms with E-state index in [0.717, 1.165) is 0 Å². The highest BCUT2D eigenvalue weighted by Crippen LogP contribution is 2.40. The lowest BCUT2D eigenvalue weighted by atomic mass is 9.91. The van der Waals surface area contributed by atoms with Crippen molar-refractivity contribution < 1.29 is 14.0 Å². The van der Waals surface area contributed by atoms with Gasteiger partial charge in [-0.25, -0.2) is 0 Å². The standard InChI is InChI=1S/C14H18ClNO3Si/c1-14(9-7-5-6-8-10(9)15)12(17)11(13(16)18-14)19-20(2,3)4/h5-8H,16H2,1-4H3. The van der Waals surface area contributed by atoms with Gasteiger partial charge in [0.1, 0.15) is 0 Å². The molecule has 1 aromatic carbocycles. The van der Waals surface area contributed by atoms with Crippen LogP contribution in [0, 0.1) is 0 Å². The molecular weight excluding hydrogens is 294 g/mol. The van der Waals surface area contributed by atoms with Crippen molar-refractivity contribution in [1.82, 2.24) is 0 Å². The van der Waals surface area contributed by atoms with Crippen molar-refractivity contribution in [3.8, 4) is 0 Å². The van der Waals surface area contributed by atoms with Crippen LogP contribution < -0.4 is 5.73 Å². The smallest absolute Gasteiger partial charge is 0.249 e. The minimum absolute atomic E-state index is 0.0276. The van der Waals surface area contributed by atoms with E-state index in [4.69, 9.17) is 26.5 Å². The summed E-state index contributed by atoms with van der Waals surface area (Å²) in [5.74, 6) is -0.142. The number of carbonyl (C=O) groups excluding carboxylic acids is 1. The van der Waals surface area contributed by atoms with Crippen molar-refractivity contribution in [2.24, 2.45) is 5.73 Å². The van der Waals surface area contributed by atoms with Crippen LogP contribution >= 0.6 is 11.6 Å². The summed E-state index contributed by atoms with van der Waals surface area (Å²) >= 11 is 6.16. The number of carbonyl (C=O) groups is 1. The molecule has 1 aromatic rings. The van der Waals surface area contributed by atoms with Crippen molar-refractivity contribution in [2.45, 2.75) is 32.2 Å². The van der Waals surface area contributed by atoms with E-state index in [2.05, 4.69) is 0 Å². The fourth-order valence-corrected chi connectivity index (χ4v) is 3.19. The molecular formula is C14H18ClNO3Si. The lowest BCUT2D eigenvalue weighted by Crippen LogP contribution is -2.34. The normalized spacial score (nSPS) is 22.9. The average molecular weight is 312 g/mol. The first-order valence-electron chi connectivity index (χ1n) is 6.33. The van der Waals surface area contributed by atoms with E-state index in [1.807, 2.05) is 19.6 Å². The van der Waals surface area contributed by atoms with Gasteiger partial charge < -0.3 is 14.9 Å². The summed E-state index contributed by atoms with van der Waals surface area (Å²) < 4.78 is 11.4. The molecule has 6 heteroatoms. The lowest BCUT2D eigenvalue weighted by molar-refractivity contribution is -0.131. The van der Waals surface area contributed by atoms with E-state index in [0.29, 0.717) is 10.6 Å². The maximum absolute atomic E-state index is 12.6. The lowest BCUT2D eigenvalue weighted by Gasteiger charge is -2.24. The zero-order chi connectivity index (χ0) is 15.1. The molecule has 2 rings (SSSR count). The van der Waals surface area contributed by atoms with Crippen molar-refractivity contribution in [1.29, 1.82) is 0 Å². The fourth-order valence-electron chi connectivity index (χ4n) is 2.07. The highest BCUT2D eigenvalue weighted by molar-refractivity contribution is 6.70. The molecule has 0 radical (unpaired) electrons. The van der Waals surface area contributed by atoms with Crippen LogP contribution in [0.15, 0.2) is 35.9 Å². The quantitative estimate of drug-likeness (QED) is 0.871. The zero-order valence-electron chi connectivity index (χ0n) is 12.0. The summed E-state index contributed by atoms with van der Waals surface area (Å²) in [4.78, 5) is 12.6. The van der Waals surface area contributed by atoms with E-state index in [1.165, 1.54) is 0 Å². The second kappa shape index (κ2) is 4.82. The Morgan fingerprint density at radius 1 is 1.30 bits per heavy atom. The van der Waals surface area contributed by atoms with Gasteiger partial charge in [-0.2, -0.15) is 0 Å². The van der Waals surface area contributed by atoms with E-state index < -0.39 is 13.9 Å². The van der Waals surface area contributed by atoms with Gasteiger partial charge in [-0.15, -0.1) is 0 Å². The number of benzene rings is 1. The molecule has 1 heterocycles. The maximum Gasteiger partial charge on any atom is 0.249 e. The fraction of sp³-hybridized carbons (Fsp3) is 0.357. The van der Waals surface area contributed by atoms with Gasteiger partial charge in [-0.3, -0.25) is 4.79 Å². The molecule has 0 bridgehead atoms. The molecule has 108 valence electrons.